The van der Waals surface area contributed by atoms with Crippen molar-refractivity contribution in [3.8, 4) is 17.6 Å². The number of ether oxygens (including phenoxy) is 1. The summed E-state index contributed by atoms with van der Waals surface area (Å²) in [5, 5.41) is 8.73. The molecule has 17 heavy (non-hydrogen) atoms. The molecule has 0 saturated carbocycles. The zero-order chi connectivity index (χ0) is 12.3. The first-order chi connectivity index (χ1) is 8.20. The molecular formula is C13H11N3O. The zero-order valence-corrected chi connectivity index (χ0v) is 9.34. The normalized spacial score (nSPS) is 9.65. The minimum absolute atomic E-state index is 0.445. The van der Waals surface area contributed by atoms with Crippen LogP contribution in [0.4, 0.5) is 5.69 Å². The number of nitrogens with zero attached hydrogens (tertiary/aromatic N) is 2. The molecule has 0 spiro atoms. The fourth-order valence-electron chi connectivity index (χ4n) is 1.40. The van der Waals surface area contributed by atoms with Crippen molar-refractivity contribution >= 4 is 5.69 Å². The van der Waals surface area contributed by atoms with Gasteiger partial charge in [-0.3, -0.25) is 4.98 Å². The van der Waals surface area contributed by atoms with Crippen LogP contribution in [-0.4, -0.2) is 4.98 Å². The third-order valence-electron chi connectivity index (χ3n) is 2.33. The maximum absolute atomic E-state index is 8.73. The molecule has 0 radical (unpaired) electrons. The molecule has 0 aliphatic rings. The molecule has 0 fully saturated rings. The third kappa shape index (κ3) is 2.34. The van der Waals surface area contributed by atoms with Gasteiger partial charge in [-0.2, -0.15) is 5.26 Å². The first-order valence-electron chi connectivity index (χ1n) is 5.09. The molecule has 0 amide bonds. The molecule has 4 heteroatoms. The molecule has 0 saturated heterocycles. The summed E-state index contributed by atoms with van der Waals surface area (Å²) >= 11 is 0. The van der Waals surface area contributed by atoms with Crippen LogP contribution < -0.4 is 10.5 Å². The van der Waals surface area contributed by atoms with Gasteiger partial charge in [0.05, 0.1) is 17.3 Å². The van der Waals surface area contributed by atoms with Crippen molar-refractivity contribution in [3.63, 3.8) is 0 Å². The molecule has 0 atom stereocenters. The van der Waals surface area contributed by atoms with E-state index in [1.807, 2.05) is 13.0 Å². The molecule has 2 N–H and O–H groups in total. The highest BCUT2D eigenvalue weighted by Crippen LogP contribution is 2.29. The molecule has 84 valence electrons. The van der Waals surface area contributed by atoms with Crippen molar-refractivity contribution in [2.45, 2.75) is 6.92 Å². The summed E-state index contributed by atoms with van der Waals surface area (Å²) in [5.41, 5.74) is 7.69. The van der Waals surface area contributed by atoms with Crippen molar-refractivity contribution in [2.75, 3.05) is 5.73 Å². The van der Waals surface area contributed by atoms with Crippen LogP contribution >= 0.6 is 0 Å². The Hall–Kier alpha value is -2.54. The third-order valence-corrected chi connectivity index (χ3v) is 2.33. The molecule has 0 aliphatic heterocycles. The monoisotopic (exact) mass is 225 g/mol. The Balaban J connectivity index is 2.32. The van der Waals surface area contributed by atoms with Gasteiger partial charge in [0.1, 0.15) is 11.5 Å². The molecule has 0 aliphatic carbocycles. The Morgan fingerprint density at radius 2 is 2.12 bits per heavy atom. The number of nitrogen functional groups attached to an aromatic ring is 1. The van der Waals surface area contributed by atoms with Gasteiger partial charge in [0.15, 0.2) is 0 Å². The van der Waals surface area contributed by atoms with Crippen LogP contribution in [0.25, 0.3) is 0 Å². The van der Waals surface area contributed by atoms with Gasteiger partial charge < -0.3 is 10.5 Å². The SMILES string of the molecule is Cc1cnccc1Oc1ccc(C#N)cc1N. The van der Waals surface area contributed by atoms with Crippen LogP contribution in [0.5, 0.6) is 11.5 Å². The van der Waals surface area contributed by atoms with E-state index in [0.717, 1.165) is 5.56 Å². The molecule has 2 rings (SSSR count). The van der Waals surface area contributed by atoms with E-state index in [4.69, 9.17) is 15.7 Å². The van der Waals surface area contributed by atoms with E-state index < -0.39 is 0 Å². The standard InChI is InChI=1S/C13H11N3O/c1-9-8-16-5-4-12(9)17-13-3-2-10(7-14)6-11(13)15/h2-6,8H,15H2,1H3. The second kappa shape index (κ2) is 4.54. The van der Waals surface area contributed by atoms with Crippen LogP contribution in [-0.2, 0) is 0 Å². The summed E-state index contributed by atoms with van der Waals surface area (Å²) in [7, 11) is 0. The first-order valence-corrected chi connectivity index (χ1v) is 5.09. The van der Waals surface area contributed by atoms with E-state index in [-0.39, 0.29) is 0 Å². The molecule has 2 aromatic rings. The van der Waals surface area contributed by atoms with E-state index >= 15 is 0 Å². The lowest BCUT2D eigenvalue weighted by atomic mass is 10.2. The largest absolute Gasteiger partial charge is 0.455 e. The summed E-state index contributed by atoms with van der Waals surface area (Å²) < 4.78 is 5.66. The number of anilines is 1. The van der Waals surface area contributed by atoms with Crippen LogP contribution in [0, 0.1) is 18.3 Å². The van der Waals surface area contributed by atoms with Crippen molar-refractivity contribution in [3.05, 3.63) is 47.8 Å². The van der Waals surface area contributed by atoms with Gasteiger partial charge in [0, 0.05) is 18.0 Å². The zero-order valence-electron chi connectivity index (χ0n) is 9.34. The topological polar surface area (TPSA) is 71.9 Å². The fraction of sp³-hybridized carbons (Fsp3) is 0.0769. The van der Waals surface area contributed by atoms with E-state index in [1.165, 1.54) is 0 Å². The quantitative estimate of drug-likeness (QED) is 0.797. The Morgan fingerprint density at radius 1 is 1.29 bits per heavy atom. The molecule has 1 aromatic heterocycles. The number of hydrogen-bond acceptors (Lipinski definition) is 4. The van der Waals surface area contributed by atoms with Crippen LogP contribution in [0.2, 0.25) is 0 Å². The van der Waals surface area contributed by atoms with Gasteiger partial charge in [-0.05, 0) is 31.2 Å². The molecule has 1 heterocycles. The summed E-state index contributed by atoms with van der Waals surface area (Å²) in [5.74, 6) is 1.25. The Kier molecular flexibility index (Phi) is 2.93. The second-order valence-electron chi connectivity index (χ2n) is 3.61. The first kappa shape index (κ1) is 11.0. The summed E-state index contributed by atoms with van der Waals surface area (Å²) in [6.45, 7) is 1.90. The van der Waals surface area contributed by atoms with Crippen molar-refractivity contribution in [2.24, 2.45) is 0 Å². The molecule has 1 aromatic carbocycles. The number of nitrogens with two attached hydrogens (primary N) is 1. The maximum Gasteiger partial charge on any atom is 0.150 e. The van der Waals surface area contributed by atoms with Gasteiger partial charge in [0.2, 0.25) is 0 Å². The predicted molar refractivity (Wildman–Crippen MR) is 64.6 cm³/mol. The fourth-order valence-corrected chi connectivity index (χ4v) is 1.40. The second-order valence-corrected chi connectivity index (χ2v) is 3.61. The van der Waals surface area contributed by atoms with E-state index in [2.05, 4.69) is 4.98 Å². The number of hydrogen-bond donors (Lipinski definition) is 1. The average Bonchev–Trinajstić information content (AvgIpc) is 2.34. The summed E-state index contributed by atoms with van der Waals surface area (Å²) in [6.07, 6.45) is 3.37. The number of aryl methyl sites for hydroxylation is 1. The van der Waals surface area contributed by atoms with Gasteiger partial charge in [0.25, 0.3) is 0 Å². The smallest absolute Gasteiger partial charge is 0.150 e. The molecule has 0 unspecified atom stereocenters. The van der Waals surface area contributed by atoms with Crippen molar-refractivity contribution < 1.29 is 4.74 Å². The van der Waals surface area contributed by atoms with Crippen LogP contribution in [0.3, 0.4) is 0 Å². The van der Waals surface area contributed by atoms with Crippen molar-refractivity contribution in [1.29, 1.82) is 5.26 Å². The predicted octanol–water partition coefficient (Wildman–Crippen LogP) is 2.64. The lowest BCUT2D eigenvalue weighted by Crippen LogP contribution is -1.94. The minimum atomic E-state index is 0.445. The lowest BCUT2D eigenvalue weighted by molar-refractivity contribution is 0.480. The van der Waals surface area contributed by atoms with Gasteiger partial charge in [-0.15, -0.1) is 0 Å². The highest BCUT2D eigenvalue weighted by Gasteiger charge is 2.05. The average molecular weight is 225 g/mol. The van der Waals surface area contributed by atoms with E-state index in [9.17, 15) is 0 Å². The van der Waals surface area contributed by atoms with Gasteiger partial charge in [-0.1, -0.05) is 0 Å². The van der Waals surface area contributed by atoms with Crippen LogP contribution in [0.15, 0.2) is 36.7 Å². The van der Waals surface area contributed by atoms with E-state index in [0.29, 0.717) is 22.7 Å². The number of nitriles is 1. The summed E-state index contributed by atoms with van der Waals surface area (Å²) in [6, 6.07) is 8.74. The van der Waals surface area contributed by atoms with Gasteiger partial charge in [-0.25, -0.2) is 0 Å². The number of aromatic nitrogens is 1. The highest BCUT2D eigenvalue weighted by molar-refractivity contribution is 5.58. The minimum Gasteiger partial charge on any atom is -0.455 e. The molecule has 0 bridgehead atoms. The van der Waals surface area contributed by atoms with Gasteiger partial charge >= 0.3 is 0 Å². The lowest BCUT2D eigenvalue weighted by Gasteiger charge is -2.10. The Labute approximate surface area is 99.3 Å². The molecular weight excluding hydrogens is 214 g/mol. The Morgan fingerprint density at radius 3 is 2.76 bits per heavy atom. The Bertz CT molecular complexity index is 587. The van der Waals surface area contributed by atoms with E-state index in [1.54, 1.807) is 36.7 Å². The van der Waals surface area contributed by atoms with Crippen LogP contribution in [0.1, 0.15) is 11.1 Å². The maximum atomic E-state index is 8.73. The number of pyridine rings is 1. The highest BCUT2D eigenvalue weighted by atomic mass is 16.5. The van der Waals surface area contributed by atoms with Crippen molar-refractivity contribution in [1.82, 2.24) is 4.98 Å². The molecule has 4 nitrogen and oxygen atoms in total. The summed E-state index contributed by atoms with van der Waals surface area (Å²) in [4.78, 5) is 3.98. The number of rotatable bonds is 2. The number of benzene rings is 1.